The van der Waals surface area contributed by atoms with Gasteiger partial charge in [0.1, 0.15) is 5.82 Å². The molecule has 0 aliphatic heterocycles. The molecule has 0 fully saturated rings. The van der Waals surface area contributed by atoms with Gasteiger partial charge < -0.3 is 16.0 Å². The number of aromatic amines is 1. The Labute approximate surface area is 164 Å². The summed E-state index contributed by atoms with van der Waals surface area (Å²) in [4.78, 5) is 28.6. The summed E-state index contributed by atoms with van der Waals surface area (Å²) >= 11 is 5.54. The van der Waals surface area contributed by atoms with Gasteiger partial charge in [-0.15, -0.1) is 0 Å². The highest BCUT2D eigenvalue weighted by molar-refractivity contribution is 7.80. The van der Waals surface area contributed by atoms with E-state index in [0.29, 0.717) is 18.2 Å². The largest absolute Gasteiger partial charge is 0.383 e. The lowest BCUT2D eigenvalue weighted by atomic mass is 10.1. The van der Waals surface area contributed by atoms with E-state index in [1.54, 1.807) is 4.90 Å². The summed E-state index contributed by atoms with van der Waals surface area (Å²) in [6.07, 6.45) is 1.69. The first-order valence-electron chi connectivity index (χ1n) is 9.08. The standard InChI is InChI=1S/C19H27N5O2S/c1-5-7-10-24-16(20)15(17(25)22-18(24)26)23(6-2)19(27)21-14-11-12(3)8-9-13(14)4/h8-9,11H,5-7,10,20H2,1-4H3,(H,21,27)(H,22,25,26). The summed E-state index contributed by atoms with van der Waals surface area (Å²) < 4.78 is 1.39. The summed E-state index contributed by atoms with van der Waals surface area (Å²) in [5.74, 6) is 0.129. The third kappa shape index (κ3) is 4.57. The van der Waals surface area contributed by atoms with E-state index in [1.165, 1.54) is 4.57 Å². The molecule has 0 spiro atoms. The van der Waals surface area contributed by atoms with Gasteiger partial charge >= 0.3 is 5.69 Å². The Morgan fingerprint density at radius 2 is 2.00 bits per heavy atom. The van der Waals surface area contributed by atoms with E-state index in [0.717, 1.165) is 29.7 Å². The van der Waals surface area contributed by atoms with Crippen LogP contribution in [-0.2, 0) is 6.54 Å². The van der Waals surface area contributed by atoms with Gasteiger partial charge in [-0.1, -0.05) is 25.5 Å². The molecule has 0 atom stereocenters. The molecule has 8 heteroatoms. The Morgan fingerprint density at radius 3 is 2.63 bits per heavy atom. The lowest BCUT2D eigenvalue weighted by Crippen LogP contribution is -2.42. The van der Waals surface area contributed by atoms with Gasteiger partial charge in [-0.2, -0.15) is 0 Å². The number of unbranched alkanes of at least 4 members (excludes halogenated alkanes) is 1. The van der Waals surface area contributed by atoms with Crippen molar-refractivity contribution >= 4 is 34.5 Å². The van der Waals surface area contributed by atoms with Crippen LogP contribution in [-0.4, -0.2) is 21.2 Å². The lowest BCUT2D eigenvalue weighted by Gasteiger charge is -2.26. The van der Waals surface area contributed by atoms with Crippen LogP contribution in [0.1, 0.15) is 37.8 Å². The zero-order chi connectivity index (χ0) is 20.1. The van der Waals surface area contributed by atoms with E-state index in [4.69, 9.17) is 18.0 Å². The van der Waals surface area contributed by atoms with Crippen LogP contribution in [0.15, 0.2) is 27.8 Å². The van der Waals surface area contributed by atoms with E-state index < -0.39 is 11.2 Å². The maximum atomic E-state index is 12.5. The molecule has 27 heavy (non-hydrogen) atoms. The summed E-state index contributed by atoms with van der Waals surface area (Å²) in [7, 11) is 0. The molecule has 0 aliphatic carbocycles. The first-order chi connectivity index (χ1) is 12.8. The predicted octanol–water partition coefficient (Wildman–Crippen LogP) is 2.76. The number of thiocarbonyl (C=S) groups is 1. The summed E-state index contributed by atoms with van der Waals surface area (Å²) in [5, 5.41) is 3.54. The molecule has 0 amide bonds. The van der Waals surface area contributed by atoms with Gasteiger partial charge in [0.25, 0.3) is 5.56 Å². The second kappa shape index (κ2) is 8.85. The van der Waals surface area contributed by atoms with Crippen molar-refractivity contribution in [2.45, 2.75) is 47.1 Å². The van der Waals surface area contributed by atoms with E-state index in [2.05, 4.69) is 10.3 Å². The number of aromatic nitrogens is 2. The number of hydrogen-bond donors (Lipinski definition) is 3. The highest BCUT2D eigenvalue weighted by Gasteiger charge is 2.21. The quantitative estimate of drug-likeness (QED) is 0.658. The molecular weight excluding hydrogens is 362 g/mol. The van der Waals surface area contributed by atoms with Crippen molar-refractivity contribution in [3.05, 3.63) is 50.2 Å². The predicted molar refractivity (Wildman–Crippen MR) is 116 cm³/mol. The average Bonchev–Trinajstić information content (AvgIpc) is 2.61. The molecule has 4 N–H and O–H groups in total. The lowest BCUT2D eigenvalue weighted by molar-refractivity contribution is 0.604. The molecule has 1 aromatic heterocycles. The van der Waals surface area contributed by atoms with Crippen molar-refractivity contribution in [2.24, 2.45) is 0 Å². The van der Waals surface area contributed by atoms with Crippen LogP contribution < -0.4 is 27.2 Å². The van der Waals surface area contributed by atoms with Gasteiger partial charge in [-0.05, 0) is 56.6 Å². The zero-order valence-corrected chi connectivity index (χ0v) is 17.1. The molecule has 0 unspecified atom stereocenters. The van der Waals surface area contributed by atoms with Crippen LogP contribution in [0.25, 0.3) is 0 Å². The Bertz CT molecular complexity index is 948. The molecular formula is C19H27N5O2S. The minimum absolute atomic E-state index is 0.129. The molecule has 2 rings (SSSR count). The highest BCUT2D eigenvalue weighted by atomic mass is 32.1. The van der Waals surface area contributed by atoms with Crippen molar-refractivity contribution in [1.82, 2.24) is 9.55 Å². The minimum Gasteiger partial charge on any atom is -0.383 e. The maximum Gasteiger partial charge on any atom is 0.330 e. The number of benzene rings is 1. The average molecular weight is 390 g/mol. The number of rotatable bonds is 6. The fourth-order valence-electron chi connectivity index (χ4n) is 2.83. The van der Waals surface area contributed by atoms with Crippen LogP contribution in [0.3, 0.4) is 0 Å². The highest BCUT2D eigenvalue weighted by Crippen LogP contribution is 2.21. The third-order valence-corrected chi connectivity index (χ3v) is 4.74. The van der Waals surface area contributed by atoms with Gasteiger partial charge in [-0.3, -0.25) is 14.3 Å². The van der Waals surface area contributed by atoms with E-state index in [9.17, 15) is 9.59 Å². The number of nitrogens with one attached hydrogen (secondary N) is 2. The van der Waals surface area contributed by atoms with Gasteiger partial charge in [-0.25, -0.2) is 4.79 Å². The second-order valence-corrected chi connectivity index (χ2v) is 6.88. The Hall–Kier alpha value is -2.61. The molecule has 0 saturated heterocycles. The third-order valence-electron chi connectivity index (χ3n) is 4.42. The van der Waals surface area contributed by atoms with E-state index in [-0.39, 0.29) is 11.5 Å². The number of nitrogens with two attached hydrogens (primary N) is 1. The molecule has 0 saturated carbocycles. The van der Waals surface area contributed by atoms with Crippen LogP contribution in [0.5, 0.6) is 0 Å². The van der Waals surface area contributed by atoms with Crippen LogP contribution in [0.2, 0.25) is 0 Å². The number of H-pyrrole nitrogens is 1. The van der Waals surface area contributed by atoms with E-state index in [1.807, 2.05) is 45.9 Å². The minimum atomic E-state index is -0.544. The molecule has 1 aromatic carbocycles. The van der Waals surface area contributed by atoms with Gasteiger partial charge in [0.2, 0.25) is 0 Å². The number of hydrogen-bond acceptors (Lipinski definition) is 4. The molecule has 0 bridgehead atoms. The zero-order valence-electron chi connectivity index (χ0n) is 16.3. The number of nitrogens with zero attached hydrogens (tertiary/aromatic N) is 2. The maximum absolute atomic E-state index is 12.5. The van der Waals surface area contributed by atoms with Crippen LogP contribution in [0.4, 0.5) is 17.2 Å². The molecule has 7 nitrogen and oxygen atoms in total. The first-order valence-corrected chi connectivity index (χ1v) is 9.49. The summed E-state index contributed by atoms with van der Waals surface area (Å²) in [6, 6.07) is 6.02. The normalized spacial score (nSPS) is 10.7. The van der Waals surface area contributed by atoms with Crippen molar-refractivity contribution in [3.8, 4) is 0 Å². The van der Waals surface area contributed by atoms with Gasteiger partial charge in [0.15, 0.2) is 10.8 Å². The van der Waals surface area contributed by atoms with Crippen molar-refractivity contribution < 1.29 is 0 Å². The summed E-state index contributed by atoms with van der Waals surface area (Å²) in [5.41, 5.74) is 8.35. The van der Waals surface area contributed by atoms with Crippen molar-refractivity contribution in [2.75, 3.05) is 22.5 Å². The molecule has 0 radical (unpaired) electrons. The molecule has 1 heterocycles. The molecule has 0 aliphatic rings. The SMILES string of the molecule is CCCCn1c(N)c(N(CC)C(=S)Nc2cc(C)ccc2C)c(=O)[nH]c1=O. The number of anilines is 3. The van der Waals surface area contributed by atoms with E-state index >= 15 is 0 Å². The Balaban J connectivity index is 2.44. The number of aryl methyl sites for hydroxylation is 2. The van der Waals surface area contributed by atoms with Crippen molar-refractivity contribution in [1.29, 1.82) is 0 Å². The fraction of sp³-hybridized carbons (Fsp3) is 0.421. The molecule has 146 valence electrons. The van der Waals surface area contributed by atoms with Crippen LogP contribution >= 0.6 is 12.2 Å². The fourth-order valence-corrected chi connectivity index (χ4v) is 3.16. The monoisotopic (exact) mass is 389 g/mol. The molecule has 2 aromatic rings. The summed E-state index contributed by atoms with van der Waals surface area (Å²) in [6.45, 7) is 8.74. The first kappa shape index (κ1) is 20.7. The second-order valence-electron chi connectivity index (χ2n) is 6.49. The van der Waals surface area contributed by atoms with Crippen LogP contribution in [0, 0.1) is 13.8 Å². The van der Waals surface area contributed by atoms with Gasteiger partial charge in [0.05, 0.1) is 0 Å². The number of nitrogen functional groups attached to an aromatic ring is 1. The topological polar surface area (TPSA) is 96.2 Å². The van der Waals surface area contributed by atoms with Crippen molar-refractivity contribution in [3.63, 3.8) is 0 Å². The Morgan fingerprint density at radius 1 is 1.30 bits per heavy atom. The smallest absolute Gasteiger partial charge is 0.330 e. The Kier molecular flexibility index (Phi) is 6.79. The van der Waals surface area contributed by atoms with Gasteiger partial charge in [0, 0.05) is 18.8 Å².